The number of rotatable bonds is 5. The number of nitrogens with one attached hydrogen (secondary N) is 1. The molecule has 0 radical (unpaired) electrons. The van der Waals surface area contributed by atoms with E-state index in [1.165, 1.54) is 5.56 Å². The van der Waals surface area contributed by atoms with E-state index < -0.39 is 0 Å². The molecule has 128 valence electrons. The first kappa shape index (κ1) is 17.0. The van der Waals surface area contributed by atoms with E-state index in [9.17, 15) is 4.79 Å². The van der Waals surface area contributed by atoms with Crippen LogP contribution in [-0.4, -0.2) is 15.5 Å². The van der Waals surface area contributed by atoms with Crippen LogP contribution in [0.15, 0.2) is 54.9 Å². The van der Waals surface area contributed by atoms with Gasteiger partial charge >= 0.3 is 0 Å². The van der Waals surface area contributed by atoms with Crippen LogP contribution in [0.1, 0.15) is 28.1 Å². The third kappa shape index (κ3) is 3.97. The lowest BCUT2D eigenvalue weighted by Gasteiger charge is -2.13. The van der Waals surface area contributed by atoms with Crippen molar-refractivity contribution in [2.45, 2.75) is 33.7 Å². The number of aryl methyl sites for hydroxylation is 3. The van der Waals surface area contributed by atoms with Gasteiger partial charge in [0.15, 0.2) is 0 Å². The first-order valence-corrected chi connectivity index (χ1v) is 8.45. The van der Waals surface area contributed by atoms with Crippen LogP contribution in [0.3, 0.4) is 0 Å². The van der Waals surface area contributed by atoms with E-state index in [-0.39, 0.29) is 5.91 Å². The molecule has 0 aliphatic rings. The molecule has 3 rings (SSSR count). The number of benzene rings is 2. The van der Waals surface area contributed by atoms with E-state index in [4.69, 9.17) is 0 Å². The molecule has 1 N–H and O–H groups in total. The summed E-state index contributed by atoms with van der Waals surface area (Å²) >= 11 is 0. The minimum atomic E-state index is 0.0316. The van der Waals surface area contributed by atoms with Crippen LogP contribution in [0.2, 0.25) is 0 Å². The Hall–Kier alpha value is -2.88. The lowest BCUT2D eigenvalue weighted by molar-refractivity contribution is -0.120. The number of para-hydroxylation sites is 1. The SMILES string of the molecule is Cc1ccc(CC(=O)NCc2ccccc2-n2ccnc2C)c(C)c1. The van der Waals surface area contributed by atoms with Crippen LogP contribution in [0, 0.1) is 20.8 Å². The van der Waals surface area contributed by atoms with Gasteiger partial charge in [0.25, 0.3) is 0 Å². The fraction of sp³-hybridized carbons (Fsp3) is 0.238. The smallest absolute Gasteiger partial charge is 0.224 e. The Morgan fingerprint density at radius 3 is 2.60 bits per heavy atom. The number of carbonyl (C=O) groups excluding carboxylic acids is 1. The number of amides is 1. The van der Waals surface area contributed by atoms with Gasteiger partial charge in [0.05, 0.1) is 12.1 Å². The average molecular weight is 333 g/mol. The molecule has 1 amide bonds. The van der Waals surface area contributed by atoms with Crippen LogP contribution in [0.25, 0.3) is 5.69 Å². The lowest BCUT2D eigenvalue weighted by Crippen LogP contribution is -2.25. The summed E-state index contributed by atoms with van der Waals surface area (Å²) < 4.78 is 2.03. The molecule has 0 fully saturated rings. The van der Waals surface area contributed by atoms with Crippen LogP contribution in [0.5, 0.6) is 0 Å². The van der Waals surface area contributed by atoms with Gasteiger partial charge < -0.3 is 9.88 Å². The van der Waals surface area contributed by atoms with Gasteiger partial charge in [0, 0.05) is 18.9 Å². The van der Waals surface area contributed by atoms with E-state index in [2.05, 4.69) is 23.3 Å². The van der Waals surface area contributed by atoms with E-state index in [1.54, 1.807) is 6.20 Å². The Balaban J connectivity index is 1.70. The molecule has 0 spiro atoms. The van der Waals surface area contributed by atoms with E-state index in [0.29, 0.717) is 13.0 Å². The fourth-order valence-corrected chi connectivity index (χ4v) is 3.00. The minimum Gasteiger partial charge on any atom is -0.352 e. The van der Waals surface area contributed by atoms with Crippen molar-refractivity contribution >= 4 is 5.91 Å². The van der Waals surface area contributed by atoms with Gasteiger partial charge in [0.1, 0.15) is 5.82 Å². The molecule has 0 aliphatic carbocycles. The van der Waals surface area contributed by atoms with Crippen molar-refractivity contribution in [1.29, 1.82) is 0 Å². The van der Waals surface area contributed by atoms with Crippen LogP contribution in [0.4, 0.5) is 0 Å². The molecule has 4 nitrogen and oxygen atoms in total. The molecule has 25 heavy (non-hydrogen) atoms. The molecule has 0 aliphatic heterocycles. The zero-order valence-corrected chi connectivity index (χ0v) is 14.9. The van der Waals surface area contributed by atoms with Gasteiger partial charge in [-0.2, -0.15) is 0 Å². The van der Waals surface area contributed by atoms with Crippen LogP contribution >= 0.6 is 0 Å². The quantitative estimate of drug-likeness (QED) is 0.774. The molecule has 0 bridgehead atoms. The second-order valence-corrected chi connectivity index (χ2v) is 6.36. The molecule has 3 aromatic rings. The zero-order chi connectivity index (χ0) is 17.8. The summed E-state index contributed by atoms with van der Waals surface area (Å²) in [7, 11) is 0. The monoisotopic (exact) mass is 333 g/mol. The fourth-order valence-electron chi connectivity index (χ4n) is 3.00. The van der Waals surface area contributed by atoms with Crippen molar-refractivity contribution in [3.8, 4) is 5.69 Å². The number of hydrogen-bond donors (Lipinski definition) is 1. The maximum atomic E-state index is 12.4. The first-order chi connectivity index (χ1) is 12.0. The standard InChI is InChI=1S/C21H23N3O/c1-15-8-9-18(16(2)12-15)13-21(25)23-14-19-6-4-5-7-20(19)24-11-10-22-17(24)3/h4-12H,13-14H2,1-3H3,(H,23,25). The van der Waals surface area contributed by atoms with Gasteiger partial charge in [-0.15, -0.1) is 0 Å². The zero-order valence-electron chi connectivity index (χ0n) is 14.9. The number of aromatic nitrogens is 2. The highest BCUT2D eigenvalue weighted by Crippen LogP contribution is 2.16. The summed E-state index contributed by atoms with van der Waals surface area (Å²) in [5, 5.41) is 3.04. The van der Waals surface area contributed by atoms with Gasteiger partial charge in [0.2, 0.25) is 5.91 Å². The molecule has 4 heteroatoms. The number of nitrogens with zero attached hydrogens (tertiary/aromatic N) is 2. The van der Waals surface area contributed by atoms with Crippen molar-refractivity contribution in [3.05, 3.63) is 82.9 Å². The van der Waals surface area contributed by atoms with Gasteiger partial charge in [-0.25, -0.2) is 4.98 Å². The van der Waals surface area contributed by atoms with Crippen molar-refractivity contribution in [2.24, 2.45) is 0 Å². The Morgan fingerprint density at radius 1 is 1.08 bits per heavy atom. The number of carbonyl (C=O) groups is 1. The summed E-state index contributed by atoms with van der Waals surface area (Å²) in [5.41, 5.74) is 5.56. The maximum absolute atomic E-state index is 12.4. The molecule has 0 saturated carbocycles. The van der Waals surface area contributed by atoms with E-state index in [0.717, 1.165) is 28.2 Å². The second-order valence-electron chi connectivity index (χ2n) is 6.36. The Kier molecular flexibility index (Phi) is 4.98. The second kappa shape index (κ2) is 7.34. The third-order valence-electron chi connectivity index (χ3n) is 4.40. The van der Waals surface area contributed by atoms with E-state index >= 15 is 0 Å². The molecule has 0 unspecified atom stereocenters. The van der Waals surface area contributed by atoms with Gasteiger partial charge in [-0.05, 0) is 43.5 Å². The highest BCUT2D eigenvalue weighted by molar-refractivity contribution is 5.79. The summed E-state index contributed by atoms with van der Waals surface area (Å²) in [6.07, 6.45) is 4.12. The Labute approximate surface area is 148 Å². The van der Waals surface area contributed by atoms with Crippen LogP contribution in [-0.2, 0) is 17.8 Å². The largest absolute Gasteiger partial charge is 0.352 e. The summed E-state index contributed by atoms with van der Waals surface area (Å²) in [4.78, 5) is 16.6. The predicted octanol–water partition coefficient (Wildman–Crippen LogP) is 3.66. The summed E-state index contributed by atoms with van der Waals surface area (Å²) in [6, 6.07) is 14.3. The van der Waals surface area contributed by atoms with Gasteiger partial charge in [-0.1, -0.05) is 42.0 Å². The van der Waals surface area contributed by atoms with Crippen LogP contribution < -0.4 is 5.32 Å². The van der Waals surface area contributed by atoms with Crippen molar-refractivity contribution in [1.82, 2.24) is 14.9 Å². The third-order valence-corrected chi connectivity index (χ3v) is 4.40. The lowest BCUT2D eigenvalue weighted by atomic mass is 10.0. The van der Waals surface area contributed by atoms with Gasteiger partial charge in [-0.3, -0.25) is 4.79 Å². The predicted molar refractivity (Wildman–Crippen MR) is 99.8 cm³/mol. The maximum Gasteiger partial charge on any atom is 0.224 e. The minimum absolute atomic E-state index is 0.0316. The topological polar surface area (TPSA) is 46.9 Å². The number of imidazole rings is 1. The number of hydrogen-bond acceptors (Lipinski definition) is 2. The molecule has 1 aromatic heterocycles. The van der Waals surface area contributed by atoms with Crippen molar-refractivity contribution in [3.63, 3.8) is 0 Å². The summed E-state index contributed by atoms with van der Waals surface area (Å²) in [5.74, 6) is 0.957. The molecular weight excluding hydrogens is 310 g/mol. The average Bonchev–Trinajstić information content (AvgIpc) is 3.02. The van der Waals surface area contributed by atoms with Crippen molar-refractivity contribution < 1.29 is 4.79 Å². The van der Waals surface area contributed by atoms with E-state index in [1.807, 2.05) is 61.0 Å². The molecular formula is C21H23N3O. The Bertz CT molecular complexity index is 896. The normalized spacial score (nSPS) is 10.7. The molecule has 0 saturated heterocycles. The van der Waals surface area contributed by atoms with Crippen molar-refractivity contribution in [2.75, 3.05) is 0 Å². The molecule has 2 aromatic carbocycles. The highest BCUT2D eigenvalue weighted by atomic mass is 16.1. The molecule has 1 heterocycles. The highest BCUT2D eigenvalue weighted by Gasteiger charge is 2.09. The first-order valence-electron chi connectivity index (χ1n) is 8.45. The molecule has 0 atom stereocenters. The summed E-state index contributed by atoms with van der Waals surface area (Å²) in [6.45, 7) is 6.58. The Morgan fingerprint density at radius 2 is 1.88 bits per heavy atom.